The minimum atomic E-state index is -1.59. The van der Waals surface area contributed by atoms with E-state index in [1.54, 1.807) is 0 Å². The van der Waals surface area contributed by atoms with Crippen LogP contribution in [-0.2, 0) is 33.2 Å². The lowest BCUT2D eigenvalue weighted by atomic mass is 9.44. The zero-order valence-electron chi connectivity index (χ0n) is 30.4. The molecule has 13 nitrogen and oxygen atoms in total. The third kappa shape index (κ3) is 5.91. The van der Waals surface area contributed by atoms with Crippen molar-refractivity contribution in [1.82, 2.24) is 0 Å². The molecule has 51 heavy (non-hydrogen) atoms. The maximum atomic E-state index is 14.2. The molecule has 4 saturated carbocycles. The summed E-state index contributed by atoms with van der Waals surface area (Å²) < 4.78 is 36.4. The lowest BCUT2D eigenvalue weighted by Crippen LogP contribution is -2.61. The van der Waals surface area contributed by atoms with Gasteiger partial charge in [-0.15, -0.1) is 0 Å². The quantitative estimate of drug-likeness (QED) is 0.222. The molecule has 1 spiro atoms. The van der Waals surface area contributed by atoms with E-state index in [1.807, 2.05) is 0 Å². The zero-order valence-corrected chi connectivity index (χ0v) is 30.4. The predicted molar refractivity (Wildman–Crippen MR) is 177 cm³/mol. The summed E-state index contributed by atoms with van der Waals surface area (Å²) in [7, 11) is 0. The molecular formula is C38H60O13. The second kappa shape index (κ2) is 13.4. The van der Waals surface area contributed by atoms with E-state index in [0.717, 1.165) is 45.1 Å². The van der Waals surface area contributed by atoms with Crippen molar-refractivity contribution >= 4 is 5.78 Å². The van der Waals surface area contributed by atoms with Crippen LogP contribution in [0.5, 0.6) is 0 Å². The Balaban J connectivity index is 0.910. The summed E-state index contributed by atoms with van der Waals surface area (Å²) in [6, 6.07) is 0. The summed E-state index contributed by atoms with van der Waals surface area (Å²) in [5.41, 5.74) is -0.0420. The second-order valence-corrected chi connectivity index (χ2v) is 18.3. The first-order valence-corrected chi connectivity index (χ1v) is 19.6. The highest BCUT2D eigenvalue weighted by Gasteiger charge is 2.70. The number of aliphatic hydroxyl groups is 6. The van der Waals surface area contributed by atoms with Crippen molar-refractivity contribution in [3.05, 3.63) is 0 Å². The van der Waals surface area contributed by atoms with Gasteiger partial charge in [-0.3, -0.25) is 4.79 Å². The summed E-state index contributed by atoms with van der Waals surface area (Å²) in [6.45, 7) is 9.54. The number of ether oxygens (including phenoxy) is 6. The molecule has 0 radical (unpaired) electrons. The van der Waals surface area contributed by atoms with Gasteiger partial charge in [-0.1, -0.05) is 27.7 Å². The molecule has 8 aliphatic rings. The summed E-state index contributed by atoms with van der Waals surface area (Å²) in [4.78, 5) is 14.2. The molecule has 13 heteroatoms. The SMILES string of the molecule is CC1CC[C@@]2(OC1)OC1CC3C4CC(=O)C5C[C@@H](O[C@@H]6O[C@H](CO[C@@H]7OC[C@@H](O)[C@H](O)[C@H]7O)[C@@H](O)[C@H](O)[C@H]6O)CC[C@]5(C)C4CC[C@]3(C)C1C2C. The summed E-state index contributed by atoms with van der Waals surface area (Å²) in [5, 5.41) is 62.1. The zero-order chi connectivity index (χ0) is 36.2. The molecule has 0 aromatic heterocycles. The van der Waals surface area contributed by atoms with Crippen LogP contribution in [0.15, 0.2) is 0 Å². The number of ketones is 1. The van der Waals surface area contributed by atoms with E-state index >= 15 is 0 Å². The fraction of sp³-hybridized carbons (Fsp3) is 0.974. The van der Waals surface area contributed by atoms with Gasteiger partial charge in [-0.2, -0.15) is 0 Å². The van der Waals surface area contributed by atoms with Gasteiger partial charge in [-0.05, 0) is 85.4 Å². The molecule has 0 bridgehead atoms. The van der Waals surface area contributed by atoms with Crippen LogP contribution in [0, 0.1) is 52.3 Å². The molecular weight excluding hydrogens is 664 g/mol. The number of carbonyl (C=O) groups excluding carboxylic acids is 1. The molecule has 4 heterocycles. The number of rotatable bonds is 5. The van der Waals surface area contributed by atoms with Crippen molar-refractivity contribution in [2.45, 2.75) is 159 Å². The third-order valence-electron chi connectivity index (χ3n) is 15.6. The van der Waals surface area contributed by atoms with Gasteiger partial charge in [0.05, 0.1) is 32.0 Å². The molecule has 0 aromatic rings. The highest BCUT2D eigenvalue weighted by atomic mass is 16.7. The minimum absolute atomic E-state index is 0.118. The van der Waals surface area contributed by atoms with Crippen LogP contribution in [0.25, 0.3) is 0 Å². The van der Waals surface area contributed by atoms with Gasteiger partial charge in [0.2, 0.25) is 0 Å². The first kappa shape index (κ1) is 37.1. The Hall–Kier alpha value is -0.810. The van der Waals surface area contributed by atoms with Crippen molar-refractivity contribution < 1.29 is 63.9 Å². The van der Waals surface area contributed by atoms with Crippen molar-refractivity contribution in [3.8, 4) is 0 Å². The van der Waals surface area contributed by atoms with Gasteiger partial charge in [0.1, 0.15) is 48.5 Å². The van der Waals surface area contributed by atoms with Crippen molar-refractivity contribution in [1.29, 1.82) is 0 Å². The summed E-state index contributed by atoms with van der Waals surface area (Å²) >= 11 is 0. The molecule has 0 amide bonds. The normalized spacial score (nSPS) is 58.5. The fourth-order valence-electron chi connectivity index (χ4n) is 12.6. The van der Waals surface area contributed by atoms with Gasteiger partial charge < -0.3 is 59.1 Å². The summed E-state index contributed by atoms with van der Waals surface area (Å²) in [6.07, 6.45) is -4.98. The number of fused-ring (bicyclic) bond motifs is 7. The monoisotopic (exact) mass is 724 g/mol. The van der Waals surface area contributed by atoms with Crippen LogP contribution in [0.4, 0.5) is 0 Å². The standard InChI is InChI=1S/C38H60O13/c1-17-5-10-38(48-14-17)18(2)28-26(51-38)13-22-20-12-24(39)23-11-19(6-8-36(23,3)21(20)7-9-37(22,28)4)49-35-33(45)31(43)30(42)27(50-35)16-47-34-32(44)29(41)25(40)15-46-34/h17-23,25-35,40-45H,5-16H2,1-4H3/t17?,18?,19-,20?,21?,22?,23?,25+,26?,27+,28?,29-,30+,31-,32+,33+,34-,35+,36+,37-,38+/m0/s1. The first-order chi connectivity index (χ1) is 24.2. The van der Waals surface area contributed by atoms with Crippen molar-refractivity contribution in [3.63, 3.8) is 0 Å². The fourth-order valence-corrected chi connectivity index (χ4v) is 12.6. The molecule has 4 aliphatic heterocycles. The first-order valence-electron chi connectivity index (χ1n) is 19.6. The van der Waals surface area contributed by atoms with Gasteiger partial charge >= 0.3 is 0 Å². The Morgan fingerprint density at radius 3 is 2.29 bits per heavy atom. The second-order valence-electron chi connectivity index (χ2n) is 18.3. The molecule has 0 aromatic carbocycles. The van der Waals surface area contributed by atoms with E-state index in [4.69, 9.17) is 28.4 Å². The Morgan fingerprint density at radius 2 is 1.55 bits per heavy atom. The maximum Gasteiger partial charge on any atom is 0.186 e. The molecule has 6 N–H and O–H groups in total. The molecule has 21 atom stereocenters. The molecule has 290 valence electrons. The molecule has 4 saturated heterocycles. The minimum Gasteiger partial charge on any atom is -0.388 e. The largest absolute Gasteiger partial charge is 0.388 e. The van der Waals surface area contributed by atoms with Crippen LogP contribution in [0.3, 0.4) is 0 Å². The maximum absolute atomic E-state index is 14.2. The highest BCUT2D eigenvalue weighted by molar-refractivity contribution is 5.83. The Kier molecular flexibility index (Phi) is 9.79. The number of Topliss-reactive ketones (excluding diaryl/α,β-unsaturated/α-hetero) is 1. The van der Waals surface area contributed by atoms with Crippen LogP contribution >= 0.6 is 0 Å². The molecule has 8 fully saturated rings. The highest BCUT2D eigenvalue weighted by Crippen LogP contribution is 2.71. The van der Waals surface area contributed by atoms with Gasteiger partial charge in [0.15, 0.2) is 18.4 Å². The average Bonchev–Trinajstić information content (AvgIpc) is 3.55. The van der Waals surface area contributed by atoms with E-state index in [-0.39, 0.29) is 41.8 Å². The lowest BCUT2D eigenvalue weighted by molar-refractivity contribution is -0.330. The van der Waals surface area contributed by atoms with Crippen LogP contribution in [-0.4, -0.2) is 130 Å². The van der Waals surface area contributed by atoms with Crippen LogP contribution < -0.4 is 0 Å². The number of hydrogen-bond acceptors (Lipinski definition) is 13. The van der Waals surface area contributed by atoms with Crippen molar-refractivity contribution in [2.24, 2.45) is 52.3 Å². The molecule has 4 aliphatic carbocycles. The van der Waals surface area contributed by atoms with Crippen LogP contribution in [0.2, 0.25) is 0 Å². The molecule has 8 unspecified atom stereocenters. The number of hydrogen-bond donors (Lipinski definition) is 6. The van der Waals surface area contributed by atoms with Gasteiger partial charge in [0, 0.05) is 24.7 Å². The third-order valence-corrected chi connectivity index (χ3v) is 15.6. The Morgan fingerprint density at radius 1 is 0.804 bits per heavy atom. The van der Waals surface area contributed by atoms with E-state index in [1.165, 1.54) is 0 Å². The van der Waals surface area contributed by atoms with E-state index in [0.29, 0.717) is 54.8 Å². The number of aliphatic hydroxyl groups excluding tert-OH is 6. The van der Waals surface area contributed by atoms with Gasteiger partial charge in [-0.25, -0.2) is 0 Å². The van der Waals surface area contributed by atoms with E-state index in [9.17, 15) is 35.4 Å². The average molecular weight is 725 g/mol. The van der Waals surface area contributed by atoms with E-state index < -0.39 is 67.2 Å². The van der Waals surface area contributed by atoms with Gasteiger partial charge in [0.25, 0.3) is 0 Å². The van der Waals surface area contributed by atoms with E-state index in [2.05, 4.69) is 27.7 Å². The number of carbonyl (C=O) groups is 1. The van der Waals surface area contributed by atoms with Crippen LogP contribution in [0.1, 0.15) is 85.5 Å². The smallest absolute Gasteiger partial charge is 0.186 e. The lowest BCUT2D eigenvalue weighted by Gasteiger charge is -2.60. The summed E-state index contributed by atoms with van der Waals surface area (Å²) in [5.74, 6) is 2.18. The topological polar surface area (TPSA) is 194 Å². The molecule has 8 rings (SSSR count). The predicted octanol–water partition coefficient (Wildman–Crippen LogP) is 1.26. The Bertz CT molecular complexity index is 1290. The Labute approximate surface area is 300 Å². The van der Waals surface area contributed by atoms with Crippen molar-refractivity contribution in [2.75, 3.05) is 19.8 Å².